The van der Waals surface area contributed by atoms with Crippen molar-refractivity contribution in [2.24, 2.45) is 0 Å². The molecule has 3 aromatic rings. The average molecular weight is 436 g/mol. The Morgan fingerprint density at radius 3 is 2.41 bits per heavy atom. The number of methoxy groups -OCH3 is 1. The summed E-state index contributed by atoms with van der Waals surface area (Å²) in [7, 11) is 1.63. The molecule has 1 saturated heterocycles. The summed E-state index contributed by atoms with van der Waals surface area (Å²) in [6.45, 7) is 7.84. The summed E-state index contributed by atoms with van der Waals surface area (Å²) >= 11 is 0. The number of aryl methyl sites for hydroxylation is 1. The van der Waals surface area contributed by atoms with Crippen LogP contribution in [0.2, 0.25) is 0 Å². The molecule has 2 aromatic carbocycles. The molecule has 6 heteroatoms. The second-order valence-electron chi connectivity index (χ2n) is 7.94. The van der Waals surface area contributed by atoms with Gasteiger partial charge in [-0.3, -0.25) is 0 Å². The van der Waals surface area contributed by atoms with Crippen LogP contribution in [0.1, 0.15) is 18.9 Å². The van der Waals surface area contributed by atoms with Gasteiger partial charge in [0.15, 0.2) is 0 Å². The highest BCUT2D eigenvalue weighted by molar-refractivity contribution is 5.76. The van der Waals surface area contributed by atoms with E-state index in [0.29, 0.717) is 18.1 Å². The number of halogens is 1. The number of hydrogen-bond donors (Lipinski definition) is 0. The highest BCUT2D eigenvalue weighted by atomic mass is 19.1. The van der Waals surface area contributed by atoms with Crippen molar-refractivity contribution in [2.45, 2.75) is 20.3 Å². The summed E-state index contributed by atoms with van der Waals surface area (Å²) in [5, 5.41) is 0. The maximum absolute atomic E-state index is 14.1. The Kier molecular flexibility index (Phi) is 6.78. The number of benzene rings is 2. The van der Waals surface area contributed by atoms with Gasteiger partial charge in [-0.2, -0.15) is 0 Å². The monoisotopic (exact) mass is 435 g/mol. The molecule has 0 unspecified atom stereocenters. The molecule has 0 bridgehead atoms. The lowest BCUT2D eigenvalue weighted by Gasteiger charge is -2.26. The van der Waals surface area contributed by atoms with Crippen molar-refractivity contribution in [1.82, 2.24) is 4.98 Å². The lowest BCUT2D eigenvalue weighted by molar-refractivity contribution is 0.340. The lowest BCUT2D eigenvalue weighted by atomic mass is 10.1. The summed E-state index contributed by atoms with van der Waals surface area (Å²) in [5.74, 6) is 1.28. The van der Waals surface area contributed by atoms with Crippen LogP contribution in [0.3, 0.4) is 0 Å². The summed E-state index contributed by atoms with van der Waals surface area (Å²) in [6, 6.07) is 17.5. The van der Waals surface area contributed by atoms with Gasteiger partial charge in [-0.05, 0) is 68.3 Å². The Hall–Kier alpha value is -3.28. The van der Waals surface area contributed by atoms with Crippen molar-refractivity contribution in [1.29, 1.82) is 0 Å². The third kappa shape index (κ3) is 4.79. The first-order valence-electron chi connectivity index (χ1n) is 11.1. The molecule has 0 spiro atoms. The number of hydrogen-bond acceptors (Lipinski definition) is 5. The van der Waals surface area contributed by atoms with Crippen LogP contribution in [0, 0.1) is 12.7 Å². The first-order chi connectivity index (χ1) is 15.6. The minimum atomic E-state index is -0.152. The van der Waals surface area contributed by atoms with Crippen LogP contribution in [0.15, 0.2) is 54.6 Å². The number of pyridine rings is 1. The first-order valence-corrected chi connectivity index (χ1v) is 11.1. The van der Waals surface area contributed by atoms with E-state index in [1.54, 1.807) is 20.1 Å². The smallest absolute Gasteiger partial charge is 0.213 e. The maximum atomic E-state index is 14.1. The molecule has 0 N–H and O–H groups in total. The van der Waals surface area contributed by atoms with Crippen LogP contribution in [-0.2, 0) is 0 Å². The minimum absolute atomic E-state index is 0.152. The van der Waals surface area contributed by atoms with Gasteiger partial charge in [0.1, 0.15) is 11.6 Å². The fourth-order valence-electron chi connectivity index (χ4n) is 4.09. The molecular formula is C26H30FN3O2. The highest BCUT2D eigenvalue weighted by Crippen LogP contribution is 2.33. The largest absolute Gasteiger partial charge is 0.494 e. The van der Waals surface area contributed by atoms with Crippen LogP contribution < -0.4 is 19.3 Å². The second-order valence-corrected chi connectivity index (χ2v) is 7.94. The molecule has 0 amide bonds. The van der Waals surface area contributed by atoms with Gasteiger partial charge >= 0.3 is 0 Å². The van der Waals surface area contributed by atoms with Crippen molar-refractivity contribution >= 4 is 11.4 Å². The lowest BCUT2D eigenvalue weighted by Crippen LogP contribution is -2.31. The Morgan fingerprint density at radius 1 is 0.938 bits per heavy atom. The predicted octanol–water partition coefficient (Wildman–Crippen LogP) is 5.32. The Labute approximate surface area is 189 Å². The molecule has 0 radical (unpaired) electrons. The van der Waals surface area contributed by atoms with Crippen molar-refractivity contribution in [2.75, 3.05) is 49.7 Å². The second kappa shape index (κ2) is 9.90. The van der Waals surface area contributed by atoms with Crippen LogP contribution in [0.5, 0.6) is 11.6 Å². The molecule has 0 saturated carbocycles. The predicted molar refractivity (Wildman–Crippen MR) is 128 cm³/mol. The van der Waals surface area contributed by atoms with Crippen molar-refractivity contribution in [3.05, 3.63) is 66.0 Å². The van der Waals surface area contributed by atoms with E-state index in [2.05, 4.69) is 15.9 Å². The van der Waals surface area contributed by atoms with E-state index in [9.17, 15) is 4.39 Å². The maximum Gasteiger partial charge on any atom is 0.213 e. The summed E-state index contributed by atoms with van der Waals surface area (Å²) in [4.78, 5) is 9.40. The summed E-state index contributed by atoms with van der Waals surface area (Å²) < 4.78 is 25.1. The van der Waals surface area contributed by atoms with Gasteiger partial charge in [0.25, 0.3) is 0 Å². The van der Waals surface area contributed by atoms with Gasteiger partial charge < -0.3 is 19.3 Å². The molecule has 168 valence electrons. The van der Waals surface area contributed by atoms with E-state index in [1.807, 2.05) is 49.4 Å². The zero-order chi connectivity index (χ0) is 22.5. The molecular weight excluding hydrogens is 405 g/mol. The average Bonchev–Trinajstić information content (AvgIpc) is 3.07. The van der Waals surface area contributed by atoms with Crippen molar-refractivity contribution in [3.63, 3.8) is 0 Å². The zero-order valence-corrected chi connectivity index (χ0v) is 19.0. The van der Waals surface area contributed by atoms with E-state index in [0.717, 1.165) is 61.0 Å². The minimum Gasteiger partial charge on any atom is -0.494 e. The van der Waals surface area contributed by atoms with Crippen LogP contribution >= 0.6 is 0 Å². The van der Waals surface area contributed by atoms with Gasteiger partial charge in [0.2, 0.25) is 5.88 Å². The Bertz CT molecular complexity index is 1060. The van der Waals surface area contributed by atoms with Gasteiger partial charge in [-0.15, -0.1) is 0 Å². The first kappa shape index (κ1) is 21.9. The van der Waals surface area contributed by atoms with Gasteiger partial charge in [0, 0.05) is 43.5 Å². The van der Waals surface area contributed by atoms with Crippen LogP contribution in [-0.4, -0.2) is 44.9 Å². The quantitative estimate of drug-likeness (QED) is 0.524. The van der Waals surface area contributed by atoms with Crippen molar-refractivity contribution < 1.29 is 13.9 Å². The molecule has 0 atom stereocenters. The standard InChI is InChI=1S/C26H30FN3O2/c1-4-32-22-10-7-20(8-11-22)26-24(12-13-25(28-26)31-3)30-15-5-14-29(16-17-30)21-9-6-19(2)23(27)18-21/h6-13,18H,4-5,14-17H2,1-3H3. The van der Waals surface area contributed by atoms with E-state index >= 15 is 0 Å². The summed E-state index contributed by atoms with van der Waals surface area (Å²) in [6.07, 6.45) is 0.976. The van der Waals surface area contributed by atoms with E-state index in [4.69, 9.17) is 14.5 Å². The molecule has 1 aliphatic heterocycles. The highest BCUT2D eigenvalue weighted by Gasteiger charge is 2.20. The number of rotatable bonds is 6. The molecule has 0 aliphatic carbocycles. The summed E-state index contributed by atoms with van der Waals surface area (Å²) in [5.41, 5.74) is 4.60. The molecule has 1 aliphatic rings. The third-order valence-electron chi connectivity index (χ3n) is 5.85. The topological polar surface area (TPSA) is 37.8 Å². The number of aromatic nitrogens is 1. The third-order valence-corrected chi connectivity index (χ3v) is 5.85. The molecule has 4 rings (SSSR count). The molecule has 2 heterocycles. The van der Waals surface area contributed by atoms with Crippen molar-refractivity contribution in [3.8, 4) is 22.9 Å². The van der Waals surface area contributed by atoms with E-state index in [1.165, 1.54) is 0 Å². The van der Waals surface area contributed by atoms with Gasteiger partial charge in [-0.1, -0.05) is 6.07 Å². The SMILES string of the molecule is CCOc1ccc(-c2nc(OC)ccc2N2CCCN(c3ccc(C)c(F)c3)CC2)cc1. The fourth-order valence-corrected chi connectivity index (χ4v) is 4.09. The van der Waals surface area contributed by atoms with Gasteiger partial charge in [0.05, 0.1) is 25.1 Å². The van der Waals surface area contributed by atoms with Crippen LogP contribution in [0.25, 0.3) is 11.3 Å². The van der Waals surface area contributed by atoms with Crippen LogP contribution in [0.4, 0.5) is 15.8 Å². The molecule has 5 nitrogen and oxygen atoms in total. The van der Waals surface area contributed by atoms with E-state index in [-0.39, 0.29) is 5.82 Å². The van der Waals surface area contributed by atoms with E-state index < -0.39 is 0 Å². The Balaban J connectivity index is 1.59. The molecule has 32 heavy (non-hydrogen) atoms. The number of anilines is 2. The number of nitrogens with zero attached hydrogens (tertiary/aromatic N) is 3. The zero-order valence-electron chi connectivity index (χ0n) is 19.0. The Morgan fingerprint density at radius 2 is 1.69 bits per heavy atom. The van der Waals surface area contributed by atoms with Gasteiger partial charge in [-0.25, -0.2) is 9.37 Å². The normalized spacial score (nSPS) is 14.2. The number of ether oxygens (including phenoxy) is 2. The molecule has 1 fully saturated rings. The molecule has 1 aromatic heterocycles. The fraction of sp³-hybridized carbons (Fsp3) is 0.346.